The highest BCUT2D eigenvalue weighted by Gasteiger charge is 2.40. The lowest BCUT2D eigenvalue weighted by Crippen LogP contribution is -2.29. The van der Waals surface area contributed by atoms with Crippen molar-refractivity contribution in [1.82, 2.24) is 15.1 Å². The number of halogens is 3. The molecule has 0 unspecified atom stereocenters. The maximum atomic E-state index is 13.3. The van der Waals surface area contributed by atoms with Crippen molar-refractivity contribution in [1.29, 1.82) is 0 Å². The number of alkyl halides is 3. The van der Waals surface area contributed by atoms with Crippen molar-refractivity contribution >= 4 is 5.91 Å². The van der Waals surface area contributed by atoms with Crippen LogP contribution in [0.2, 0.25) is 0 Å². The molecule has 0 atom stereocenters. The zero-order valence-electron chi connectivity index (χ0n) is 13.1. The molecule has 7 heteroatoms. The van der Waals surface area contributed by atoms with Gasteiger partial charge in [0.25, 0.3) is 5.91 Å². The van der Waals surface area contributed by atoms with Crippen molar-refractivity contribution in [3.05, 3.63) is 47.3 Å². The molecule has 23 heavy (non-hydrogen) atoms. The summed E-state index contributed by atoms with van der Waals surface area (Å²) in [6.45, 7) is 5.49. The van der Waals surface area contributed by atoms with Crippen molar-refractivity contribution < 1.29 is 18.0 Å². The Morgan fingerprint density at radius 2 is 1.87 bits per heavy atom. The van der Waals surface area contributed by atoms with E-state index in [1.54, 1.807) is 30.3 Å². The fraction of sp³-hybridized carbons (Fsp3) is 0.375. The number of aromatic nitrogens is 2. The third kappa shape index (κ3) is 3.72. The number of para-hydroxylation sites is 1. The van der Waals surface area contributed by atoms with Crippen LogP contribution in [0.5, 0.6) is 0 Å². The lowest BCUT2D eigenvalue weighted by molar-refractivity contribution is -0.141. The number of carbonyl (C=O) groups is 1. The van der Waals surface area contributed by atoms with Gasteiger partial charge in [-0.05, 0) is 25.0 Å². The van der Waals surface area contributed by atoms with Crippen LogP contribution in [0.1, 0.15) is 35.6 Å². The molecule has 2 aromatic rings. The molecular formula is C16H18F3N3O. The van der Waals surface area contributed by atoms with Crippen molar-refractivity contribution in [3.63, 3.8) is 0 Å². The average molecular weight is 325 g/mol. The molecule has 2 rings (SSSR count). The molecule has 0 aliphatic rings. The van der Waals surface area contributed by atoms with Gasteiger partial charge in [-0.2, -0.15) is 18.3 Å². The Labute approximate surface area is 132 Å². The SMILES string of the molecule is Cc1c(C(=O)NCC(C)C)c(C(F)(F)F)nn1-c1ccccc1. The maximum absolute atomic E-state index is 13.3. The molecule has 0 fully saturated rings. The van der Waals surface area contributed by atoms with E-state index < -0.39 is 23.3 Å². The number of hydrogen-bond donors (Lipinski definition) is 1. The predicted molar refractivity (Wildman–Crippen MR) is 80.5 cm³/mol. The Morgan fingerprint density at radius 3 is 2.39 bits per heavy atom. The summed E-state index contributed by atoms with van der Waals surface area (Å²) in [5, 5.41) is 6.15. The lowest BCUT2D eigenvalue weighted by atomic mass is 10.1. The minimum absolute atomic E-state index is 0.137. The van der Waals surface area contributed by atoms with Gasteiger partial charge >= 0.3 is 6.18 Å². The summed E-state index contributed by atoms with van der Waals surface area (Å²) in [5.74, 6) is -0.622. The Bertz CT molecular complexity index is 691. The first kappa shape index (κ1) is 17.1. The van der Waals surface area contributed by atoms with Crippen LogP contribution in [0.15, 0.2) is 30.3 Å². The average Bonchev–Trinajstić information content (AvgIpc) is 2.83. The Balaban J connectivity index is 2.52. The fourth-order valence-corrected chi connectivity index (χ4v) is 2.18. The van der Waals surface area contributed by atoms with Gasteiger partial charge < -0.3 is 5.32 Å². The van der Waals surface area contributed by atoms with Crippen LogP contribution in [0.4, 0.5) is 13.2 Å². The largest absolute Gasteiger partial charge is 0.435 e. The second kappa shape index (κ2) is 6.44. The summed E-state index contributed by atoms with van der Waals surface area (Å²) >= 11 is 0. The molecule has 124 valence electrons. The molecule has 0 radical (unpaired) electrons. The van der Waals surface area contributed by atoms with Crippen LogP contribution in [-0.4, -0.2) is 22.2 Å². The van der Waals surface area contributed by atoms with E-state index in [0.29, 0.717) is 12.2 Å². The van der Waals surface area contributed by atoms with E-state index in [1.807, 2.05) is 13.8 Å². The van der Waals surface area contributed by atoms with Gasteiger partial charge in [0.2, 0.25) is 0 Å². The molecule has 0 aliphatic carbocycles. The number of carbonyl (C=O) groups excluding carboxylic acids is 1. The van der Waals surface area contributed by atoms with Crippen molar-refractivity contribution in [2.24, 2.45) is 5.92 Å². The Morgan fingerprint density at radius 1 is 1.26 bits per heavy atom. The number of benzene rings is 1. The number of nitrogens with zero attached hydrogens (tertiary/aromatic N) is 2. The van der Waals surface area contributed by atoms with Crippen LogP contribution in [0, 0.1) is 12.8 Å². The Kier molecular flexibility index (Phi) is 4.77. The summed E-state index contributed by atoms with van der Waals surface area (Å²) in [7, 11) is 0. The molecule has 0 aliphatic heterocycles. The van der Waals surface area contributed by atoms with E-state index >= 15 is 0 Å². The van der Waals surface area contributed by atoms with Gasteiger partial charge in [0, 0.05) is 6.54 Å². The van der Waals surface area contributed by atoms with Crippen LogP contribution in [0.25, 0.3) is 5.69 Å². The molecule has 0 saturated heterocycles. The summed E-state index contributed by atoms with van der Waals surface area (Å²) < 4.78 is 40.9. The molecule has 0 bridgehead atoms. The minimum atomic E-state index is -4.70. The molecule has 0 saturated carbocycles. The zero-order chi connectivity index (χ0) is 17.2. The second-order valence-corrected chi connectivity index (χ2v) is 5.66. The van der Waals surface area contributed by atoms with E-state index in [2.05, 4.69) is 10.4 Å². The van der Waals surface area contributed by atoms with Gasteiger partial charge in [0.1, 0.15) is 0 Å². The van der Waals surface area contributed by atoms with E-state index in [9.17, 15) is 18.0 Å². The highest BCUT2D eigenvalue weighted by molar-refractivity contribution is 5.96. The summed E-state index contributed by atoms with van der Waals surface area (Å²) in [6, 6.07) is 8.42. The van der Waals surface area contributed by atoms with Crippen LogP contribution in [-0.2, 0) is 6.18 Å². The van der Waals surface area contributed by atoms with E-state index in [4.69, 9.17) is 0 Å². The first-order valence-corrected chi connectivity index (χ1v) is 7.22. The smallest absolute Gasteiger partial charge is 0.352 e. The number of hydrogen-bond acceptors (Lipinski definition) is 2. The third-order valence-electron chi connectivity index (χ3n) is 3.28. The first-order valence-electron chi connectivity index (χ1n) is 7.22. The quantitative estimate of drug-likeness (QED) is 0.934. The monoisotopic (exact) mass is 325 g/mol. The zero-order valence-corrected chi connectivity index (χ0v) is 13.1. The predicted octanol–water partition coefficient (Wildman–Crippen LogP) is 3.59. The number of nitrogens with one attached hydrogen (secondary N) is 1. The van der Waals surface area contributed by atoms with Gasteiger partial charge in [0.15, 0.2) is 5.69 Å². The molecule has 4 nitrogen and oxygen atoms in total. The maximum Gasteiger partial charge on any atom is 0.435 e. The highest BCUT2D eigenvalue weighted by atomic mass is 19.4. The number of amides is 1. The number of rotatable bonds is 4. The summed E-state index contributed by atoms with van der Waals surface area (Å²) in [5.41, 5.74) is -0.967. The lowest BCUT2D eigenvalue weighted by Gasteiger charge is -2.10. The molecule has 1 N–H and O–H groups in total. The van der Waals surface area contributed by atoms with Crippen LogP contribution < -0.4 is 5.32 Å². The van der Waals surface area contributed by atoms with Gasteiger partial charge in [-0.15, -0.1) is 0 Å². The van der Waals surface area contributed by atoms with Crippen molar-refractivity contribution in [2.45, 2.75) is 26.9 Å². The van der Waals surface area contributed by atoms with Gasteiger partial charge in [-0.25, -0.2) is 4.68 Å². The molecule has 0 spiro atoms. The summed E-state index contributed by atoms with van der Waals surface area (Å²) in [4.78, 5) is 12.2. The topological polar surface area (TPSA) is 46.9 Å². The van der Waals surface area contributed by atoms with E-state index in [0.717, 1.165) is 4.68 Å². The molecule has 1 aromatic heterocycles. The second-order valence-electron chi connectivity index (χ2n) is 5.66. The first-order chi connectivity index (χ1) is 10.7. The van der Waals surface area contributed by atoms with Crippen molar-refractivity contribution in [2.75, 3.05) is 6.54 Å². The molecule has 1 aromatic carbocycles. The van der Waals surface area contributed by atoms with Gasteiger partial charge in [-0.3, -0.25) is 4.79 Å². The van der Waals surface area contributed by atoms with Crippen LogP contribution >= 0.6 is 0 Å². The molecule has 1 amide bonds. The van der Waals surface area contributed by atoms with E-state index in [1.165, 1.54) is 6.92 Å². The third-order valence-corrected chi connectivity index (χ3v) is 3.28. The fourth-order valence-electron chi connectivity index (χ4n) is 2.18. The molecular weight excluding hydrogens is 307 g/mol. The van der Waals surface area contributed by atoms with Crippen molar-refractivity contribution in [3.8, 4) is 5.69 Å². The summed E-state index contributed by atoms with van der Waals surface area (Å²) in [6.07, 6.45) is -4.70. The van der Waals surface area contributed by atoms with Crippen LogP contribution in [0.3, 0.4) is 0 Å². The molecule has 1 heterocycles. The highest BCUT2D eigenvalue weighted by Crippen LogP contribution is 2.33. The Hall–Kier alpha value is -2.31. The standard InChI is InChI=1S/C16H18F3N3O/c1-10(2)9-20-15(23)13-11(3)22(12-7-5-4-6-8-12)21-14(13)16(17,18)19/h4-8,10H,9H2,1-3H3,(H,20,23). The normalized spacial score (nSPS) is 11.8. The van der Waals surface area contributed by atoms with E-state index in [-0.39, 0.29) is 11.6 Å². The minimum Gasteiger partial charge on any atom is -0.352 e. The van der Waals surface area contributed by atoms with Gasteiger partial charge in [0.05, 0.1) is 16.9 Å². The van der Waals surface area contributed by atoms with Gasteiger partial charge in [-0.1, -0.05) is 32.0 Å².